The van der Waals surface area contributed by atoms with E-state index < -0.39 is 4.92 Å². The lowest BCUT2D eigenvalue weighted by Crippen LogP contribution is -1.96. The van der Waals surface area contributed by atoms with Crippen LogP contribution >= 0.6 is 0 Å². The lowest BCUT2D eigenvalue weighted by Gasteiger charge is -1.99. The SMILES string of the molecule is COc1ncc([N+](=O)[O-])cc1C=O. The van der Waals surface area contributed by atoms with Crippen LogP contribution in [-0.2, 0) is 0 Å². The van der Waals surface area contributed by atoms with Crippen molar-refractivity contribution in [3.05, 3.63) is 27.9 Å². The fourth-order valence-corrected chi connectivity index (χ4v) is 0.812. The van der Waals surface area contributed by atoms with Gasteiger partial charge in [-0.15, -0.1) is 0 Å². The summed E-state index contributed by atoms with van der Waals surface area (Å²) < 4.78 is 4.71. The van der Waals surface area contributed by atoms with Crippen molar-refractivity contribution in [3.8, 4) is 5.88 Å². The van der Waals surface area contributed by atoms with Crippen LogP contribution in [-0.4, -0.2) is 23.3 Å². The van der Waals surface area contributed by atoms with Crippen molar-refractivity contribution in [2.24, 2.45) is 0 Å². The van der Waals surface area contributed by atoms with Gasteiger partial charge in [0.2, 0.25) is 5.88 Å². The van der Waals surface area contributed by atoms with Gasteiger partial charge in [0.25, 0.3) is 5.69 Å². The molecule has 0 aliphatic heterocycles. The molecule has 68 valence electrons. The third kappa shape index (κ3) is 1.78. The van der Waals surface area contributed by atoms with E-state index in [0.717, 1.165) is 12.3 Å². The minimum atomic E-state index is -0.626. The molecule has 13 heavy (non-hydrogen) atoms. The third-order valence-corrected chi connectivity index (χ3v) is 1.40. The Bertz CT molecular complexity index is 350. The van der Waals surface area contributed by atoms with E-state index in [4.69, 9.17) is 4.74 Å². The number of carbonyl (C=O) groups excluding carboxylic acids is 1. The van der Waals surface area contributed by atoms with Crippen molar-refractivity contribution in [2.45, 2.75) is 0 Å². The van der Waals surface area contributed by atoms with Crippen LogP contribution in [0.15, 0.2) is 12.3 Å². The van der Waals surface area contributed by atoms with Crippen LogP contribution in [0, 0.1) is 10.1 Å². The van der Waals surface area contributed by atoms with Crippen molar-refractivity contribution in [1.29, 1.82) is 0 Å². The molecule has 6 heteroatoms. The van der Waals surface area contributed by atoms with E-state index in [9.17, 15) is 14.9 Å². The highest BCUT2D eigenvalue weighted by atomic mass is 16.6. The Hall–Kier alpha value is -1.98. The number of hydrogen-bond donors (Lipinski definition) is 0. The summed E-state index contributed by atoms with van der Waals surface area (Å²) in [4.78, 5) is 23.7. The van der Waals surface area contributed by atoms with E-state index in [2.05, 4.69) is 4.98 Å². The smallest absolute Gasteiger partial charge is 0.288 e. The van der Waals surface area contributed by atoms with Crippen LogP contribution in [0.25, 0.3) is 0 Å². The van der Waals surface area contributed by atoms with Crippen molar-refractivity contribution in [3.63, 3.8) is 0 Å². The minimum Gasteiger partial charge on any atom is -0.480 e. The van der Waals surface area contributed by atoms with Crippen LogP contribution in [0.4, 0.5) is 5.69 Å². The zero-order valence-corrected chi connectivity index (χ0v) is 6.76. The van der Waals surface area contributed by atoms with Gasteiger partial charge in [-0.1, -0.05) is 0 Å². The van der Waals surface area contributed by atoms with Crippen LogP contribution < -0.4 is 4.74 Å². The molecular formula is C7H6N2O4. The number of hydrogen-bond acceptors (Lipinski definition) is 5. The Balaban J connectivity index is 3.20. The molecule has 6 nitrogen and oxygen atoms in total. The lowest BCUT2D eigenvalue weighted by atomic mass is 10.3. The largest absolute Gasteiger partial charge is 0.480 e. The highest BCUT2D eigenvalue weighted by molar-refractivity contribution is 5.79. The van der Waals surface area contributed by atoms with E-state index in [0.29, 0.717) is 6.29 Å². The maximum Gasteiger partial charge on any atom is 0.288 e. The molecule has 0 aliphatic rings. The molecule has 0 aliphatic carbocycles. The number of carbonyl (C=O) groups is 1. The first-order valence-corrected chi connectivity index (χ1v) is 3.32. The van der Waals surface area contributed by atoms with Crippen molar-refractivity contribution >= 4 is 12.0 Å². The van der Waals surface area contributed by atoms with Gasteiger partial charge in [0, 0.05) is 6.07 Å². The Morgan fingerprint density at radius 1 is 1.69 bits per heavy atom. The molecule has 1 aromatic rings. The number of nitrogens with zero attached hydrogens (tertiary/aromatic N) is 2. The van der Waals surface area contributed by atoms with Crippen LogP contribution in [0.1, 0.15) is 10.4 Å². The van der Waals surface area contributed by atoms with E-state index in [1.54, 1.807) is 0 Å². The number of pyridine rings is 1. The second-order valence-corrected chi connectivity index (χ2v) is 2.17. The average Bonchev–Trinajstić information content (AvgIpc) is 2.16. The minimum absolute atomic E-state index is 0.0664. The molecule has 0 radical (unpaired) electrons. The summed E-state index contributed by atoms with van der Waals surface area (Å²) in [6.45, 7) is 0. The topological polar surface area (TPSA) is 82.3 Å². The highest BCUT2D eigenvalue weighted by Crippen LogP contribution is 2.18. The van der Waals surface area contributed by atoms with Gasteiger partial charge < -0.3 is 4.74 Å². The molecule has 0 unspecified atom stereocenters. The van der Waals surface area contributed by atoms with Crippen molar-refractivity contribution in [2.75, 3.05) is 7.11 Å². The van der Waals surface area contributed by atoms with Gasteiger partial charge in [-0.2, -0.15) is 0 Å². The van der Waals surface area contributed by atoms with Crippen molar-refractivity contribution < 1.29 is 14.5 Å². The molecule has 1 aromatic heterocycles. The molecule has 0 amide bonds. The first-order valence-electron chi connectivity index (χ1n) is 3.32. The zero-order chi connectivity index (χ0) is 9.84. The predicted molar refractivity (Wildman–Crippen MR) is 42.8 cm³/mol. The molecular weight excluding hydrogens is 176 g/mol. The monoisotopic (exact) mass is 182 g/mol. The molecule has 0 N–H and O–H groups in total. The van der Waals surface area contributed by atoms with Gasteiger partial charge in [0.1, 0.15) is 6.20 Å². The number of methoxy groups -OCH3 is 1. The predicted octanol–water partition coefficient (Wildman–Crippen LogP) is 0.811. The van der Waals surface area contributed by atoms with E-state index >= 15 is 0 Å². The van der Waals surface area contributed by atoms with Gasteiger partial charge in [-0.3, -0.25) is 14.9 Å². The molecule has 0 fully saturated rings. The van der Waals surface area contributed by atoms with Crippen LogP contribution in [0.3, 0.4) is 0 Å². The summed E-state index contributed by atoms with van der Waals surface area (Å²) >= 11 is 0. The molecule has 0 bridgehead atoms. The second kappa shape index (κ2) is 3.61. The lowest BCUT2D eigenvalue weighted by molar-refractivity contribution is -0.385. The maximum absolute atomic E-state index is 10.4. The number of rotatable bonds is 3. The first-order chi connectivity index (χ1) is 6.19. The Kier molecular flexibility index (Phi) is 2.53. The van der Waals surface area contributed by atoms with Gasteiger partial charge in [0.15, 0.2) is 6.29 Å². The van der Waals surface area contributed by atoms with E-state index in [-0.39, 0.29) is 17.1 Å². The second-order valence-electron chi connectivity index (χ2n) is 2.17. The third-order valence-electron chi connectivity index (χ3n) is 1.40. The number of aldehydes is 1. The fourth-order valence-electron chi connectivity index (χ4n) is 0.812. The molecule has 1 rings (SSSR count). The summed E-state index contributed by atoms with van der Waals surface area (Å²) in [7, 11) is 1.33. The highest BCUT2D eigenvalue weighted by Gasteiger charge is 2.11. The Labute approximate surface area is 73.3 Å². The summed E-state index contributed by atoms with van der Waals surface area (Å²) in [5.74, 6) is 0.0839. The van der Waals surface area contributed by atoms with Crippen LogP contribution in [0.5, 0.6) is 5.88 Å². The van der Waals surface area contributed by atoms with Gasteiger partial charge in [0.05, 0.1) is 17.6 Å². The number of nitro groups is 1. The summed E-state index contributed by atoms with van der Waals surface area (Å²) in [6, 6.07) is 1.11. The van der Waals surface area contributed by atoms with Gasteiger partial charge >= 0.3 is 0 Å². The van der Waals surface area contributed by atoms with Gasteiger partial charge in [-0.05, 0) is 0 Å². The summed E-state index contributed by atoms with van der Waals surface area (Å²) in [6.07, 6.45) is 1.49. The molecule has 0 spiro atoms. The molecule has 0 atom stereocenters. The fraction of sp³-hybridized carbons (Fsp3) is 0.143. The molecule has 0 aromatic carbocycles. The Morgan fingerprint density at radius 3 is 2.85 bits per heavy atom. The van der Waals surface area contributed by atoms with E-state index in [1.807, 2.05) is 0 Å². The maximum atomic E-state index is 10.4. The van der Waals surface area contributed by atoms with Gasteiger partial charge in [-0.25, -0.2) is 4.98 Å². The summed E-state index contributed by atoms with van der Waals surface area (Å²) in [5.41, 5.74) is -0.167. The average molecular weight is 182 g/mol. The number of ether oxygens (including phenoxy) is 1. The zero-order valence-electron chi connectivity index (χ0n) is 6.76. The standard InChI is InChI=1S/C7H6N2O4/c1-13-7-5(4-10)2-6(3-8-7)9(11)12/h2-4H,1H3. The van der Waals surface area contributed by atoms with Crippen LogP contribution in [0.2, 0.25) is 0 Å². The normalized spacial score (nSPS) is 9.31. The van der Waals surface area contributed by atoms with E-state index in [1.165, 1.54) is 7.11 Å². The molecule has 0 saturated heterocycles. The quantitative estimate of drug-likeness (QED) is 0.392. The Morgan fingerprint density at radius 2 is 2.38 bits per heavy atom. The first kappa shape index (κ1) is 9.11. The number of aromatic nitrogens is 1. The van der Waals surface area contributed by atoms with Crippen molar-refractivity contribution in [1.82, 2.24) is 4.98 Å². The molecule has 1 heterocycles. The summed E-state index contributed by atoms with van der Waals surface area (Å²) in [5, 5.41) is 10.3. The molecule has 0 saturated carbocycles.